The molecule has 0 fully saturated rings. The summed E-state index contributed by atoms with van der Waals surface area (Å²) >= 11 is 1.65. The number of ether oxygens (including phenoxy) is 1. The fourth-order valence-corrected chi connectivity index (χ4v) is 4.14. The van der Waals surface area contributed by atoms with Crippen LogP contribution in [0.2, 0.25) is 0 Å². The molecule has 2 aromatic carbocycles. The molecule has 5 heteroatoms. The van der Waals surface area contributed by atoms with Crippen LogP contribution in [-0.4, -0.2) is 22.7 Å². The second-order valence-electron chi connectivity index (χ2n) is 7.41. The maximum absolute atomic E-state index is 10.7. The van der Waals surface area contributed by atoms with Crippen LogP contribution in [0.3, 0.4) is 0 Å². The van der Waals surface area contributed by atoms with Crippen LogP contribution in [0.1, 0.15) is 51.0 Å². The molecule has 1 aromatic heterocycles. The fourth-order valence-electron chi connectivity index (χ4n) is 3.22. The van der Waals surface area contributed by atoms with E-state index in [4.69, 9.17) is 9.84 Å². The first-order valence-electron chi connectivity index (χ1n) is 10.7. The van der Waals surface area contributed by atoms with Gasteiger partial charge in [-0.1, -0.05) is 56.9 Å². The van der Waals surface area contributed by atoms with Gasteiger partial charge in [0.2, 0.25) is 0 Å². The number of aliphatic carboxylic acids is 1. The molecule has 30 heavy (non-hydrogen) atoms. The minimum Gasteiger partial charge on any atom is -0.494 e. The molecule has 3 aromatic rings. The lowest BCUT2D eigenvalue weighted by atomic mass is 10.1. The summed E-state index contributed by atoms with van der Waals surface area (Å²) in [5, 5.41) is 9.76. The van der Waals surface area contributed by atoms with Crippen molar-refractivity contribution in [2.24, 2.45) is 0 Å². The zero-order chi connectivity index (χ0) is 21.2. The number of thiazole rings is 1. The third-order valence-corrected chi connectivity index (χ3v) is 6.09. The van der Waals surface area contributed by atoms with Gasteiger partial charge in [0.05, 0.1) is 11.5 Å². The topological polar surface area (TPSA) is 59.4 Å². The molecule has 0 unspecified atom stereocenters. The average Bonchev–Trinajstić information content (AvgIpc) is 3.26. The summed E-state index contributed by atoms with van der Waals surface area (Å²) in [7, 11) is 0. The Kier molecular flexibility index (Phi) is 8.45. The van der Waals surface area contributed by atoms with Crippen molar-refractivity contribution in [3.63, 3.8) is 0 Å². The van der Waals surface area contributed by atoms with E-state index in [0.717, 1.165) is 45.4 Å². The molecule has 0 radical (unpaired) electrons. The van der Waals surface area contributed by atoms with E-state index < -0.39 is 5.97 Å². The van der Waals surface area contributed by atoms with Gasteiger partial charge < -0.3 is 9.84 Å². The van der Waals surface area contributed by atoms with Gasteiger partial charge in [-0.05, 0) is 48.2 Å². The molecular formula is C25H29NO3S. The molecule has 0 spiro atoms. The van der Waals surface area contributed by atoms with Crippen LogP contribution in [0, 0.1) is 0 Å². The predicted molar refractivity (Wildman–Crippen MR) is 123 cm³/mol. The van der Waals surface area contributed by atoms with E-state index in [1.54, 1.807) is 11.3 Å². The van der Waals surface area contributed by atoms with Crippen molar-refractivity contribution in [1.82, 2.24) is 4.98 Å². The van der Waals surface area contributed by atoms with Crippen LogP contribution in [0.5, 0.6) is 5.75 Å². The molecule has 0 amide bonds. The Balaban J connectivity index is 1.54. The Morgan fingerprint density at radius 3 is 2.37 bits per heavy atom. The van der Waals surface area contributed by atoms with Gasteiger partial charge in [0, 0.05) is 18.2 Å². The van der Waals surface area contributed by atoms with Crippen LogP contribution >= 0.6 is 11.3 Å². The molecule has 1 heterocycles. The highest BCUT2D eigenvalue weighted by Gasteiger charge is 2.08. The van der Waals surface area contributed by atoms with E-state index in [-0.39, 0.29) is 6.42 Å². The second-order valence-corrected chi connectivity index (χ2v) is 8.44. The van der Waals surface area contributed by atoms with Crippen molar-refractivity contribution in [3.05, 3.63) is 60.3 Å². The summed E-state index contributed by atoms with van der Waals surface area (Å²) in [6, 6.07) is 16.2. The van der Waals surface area contributed by atoms with Gasteiger partial charge >= 0.3 is 5.97 Å². The first-order chi connectivity index (χ1) is 14.7. The quantitative estimate of drug-likeness (QED) is 0.324. The average molecular weight is 424 g/mol. The largest absolute Gasteiger partial charge is 0.494 e. The lowest BCUT2D eigenvalue weighted by Crippen LogP contribution is -1.97. The Morgan fingerprint density at radius 1 is 0.967 bits per heavy atom. The number of carboxylic acids is 1. The highest BCUT2D eigenvalue weighted by atomic mass is 32.1. The van der Waals surface area contributed by atoms with Crippen molar-refractivity contribution in [3.8, 4) is 26.8 Å². The molecular weight excluding hydrogens is 394 g/mol. The maximum Gasteiger partial charge on any atom is 0.303 e. The molecule has 0 saturated carbocycles. The van der Waals surface area contributed by atoms with Crippen molar-refractivity contribution >= 4 is 17.3 Å². The number of aryl methyl sites for hydroxylation is 1. The molecule has 158 valence electrons. The minimum atomic E-state index is -0.771. The Labute approximate surface area is 182 Å². The van der Waals surface area contributed by atoms with Gasteiger partial charge in [-0.2, -0.15) is 0 Å². The Morgan fingerprint density at radius 2 is 1.67 bits per heavy atom. The van der Waals surface area contributed by atoms with Crippen LogP contribution in [-0.2, 0) is 11.2 Å². The number of unbranched alkanes of at least 4 members (excludes halogenated alkanes) is 4. The van der Waals surface area contributed by atoms with Crippen molar-refractivity contribution in [2.75, 3.05) is 6.61 Å². The Hall–Kier alpha value is -2.66. The van der Waals surface area contributed by atoms with Gasteiger partial charge in [-0.15, -0.1) is 11.3 Å². The summed E-state index contributed by atoms with van der Waals surface area (Å²) in [5.41, 5.74) is 3.21. The van der Waals surface area contributed by atoms with E-state index in [0.29, 0.717) is 6.42 Å². The highest BCUT2D eigenvalue weighted by Crippen LogP contribution is 2.33. The van der Waals surface area contributed by atoms with Crippen LogP contribution < -0.4 is 4.74 Å². The summed E-state index contributed by atoms with van der Waals surface area (Å²) in [6.07, 6.45) is 8.80. The number of nitrogens with zero attached hydrogens (tertiary/aromatic N) is 1. The number of carbonyl (C=O) groups is 1. The van der Waals surface area contributed by atoms with Gasteiger partial charge in [0.15, 0.2) is 0 Å². The molecule has 0 aliphatic heterocycles. The molecule has 0 aliphatic rings. The maximum atomic E-state index is 10.7. The third-order valence-electron chi connectivity index (χ3n) is 4.99. The number of hydrogen-bond acceptors (Lipinski definition) is 4. The van der Waals surface area contributed by atoms with Crippen LogP contribution in [0.25, 0.3) is 21.0 Å². The molecule has 0 aliphatic carbocycles. The first-order valence-corrected chi connectivity index (χ1v) is 11.5. The molecule has 1 N–H and O–H groups in total. The number of benzene rings is 2. The lowest BCUT2D eigenvalue weighted by Gasteiger charge is -2.06. The van der Waals surface area contributed by atoms with Crippen LogP contribution in [0.15, 0.2) is 54.7 Å². The normalized spacial score (nSPS) is 10.8. The first kappa shape index (κ1) is 22.0. The van der Waals surface area contributed by atoms with Crippen molar-refractivity contribution < 1.29 is 14.6 Å². The van der Waals surface area contributed by atoms with E-state index in [2.05, 4.69) is 24.0 Å². The zero-order valence-electron chi connectivity index (χ0n) is 17.5. The number of rotatable bonds is 12. The summed E-state index contributed by atoms with van der Waals surface area (Å²) in [6.45, 7) is 3.00. The fraction of sp³-hybridized carbons (Fsp3) is 0.360. The summed E-state index contributed by atoms with van der Waals surface area (Å²) in [5.74, 6) is 0.142. The van der Waals surface area contributed by atoms with Crippen LogP contribution in [0.4, 0.5) is 0 Å². The van der Waals surface area contributed by atoms with E-state index in [1.807, 2.05) is 42.6 Å². The monoisotopic (exact) mass is 423 g/mol. The second kappa shape index (κ2) is 11.5. The standard InChI is InChI=1S/C25H29NO3S/c1-2-3-4-5-6-17-29-22-14-12-20(13-15-22)23-18-26-25(30-23)21-10-7-19(8-11-21)9-16-24(27)28/h7-8,10-15,18H,2-6,9,16-17H2,1H3,(H,27,28). The van der Waals surface area contributed by atoms with Crippen molar-refractivity contribution in [2.45, 2.75) is 51.9 Å². The number of hydrogen-bond donors (Lipinski definition) is 1. The molecule has 4 nitrogen and oxygen atoms in total. The molecule has 0 saturated heterocycles. The summed E-state index contributed by atoms with van der Waals surface area (Å²) in [4.78, 5) is 16.4. The number of aromatic nitrogens is 1. The van der Waals surface area contributed by atoms with E-state index >= 15 is 0 Å². The summed E-state index contributed by atoms with van der Waals surface area (Å²) < 4.78 is 5.85. The van der Waals surface area contributed by atoms with Gasteiger partial charge in [-0.25, -0.2) is 4.98 Å². The predicted octanol–water partition coefficient (Wildman–Crippen LogP) is 6.84. The van der Waals surface area contributed by atoms with Gasteiger partial charge in [-0.3, -0.25) is 4.79 Å². The van der Waals surface area contributed by atoms with E-state index in [1.165, 1.54) is 25.7 Å². The minimum absolute atomic E-state index is 0.152. The highest BCUT2D eigenvalue weighted by molar-refractivity contribution is 7.18. The van der Waals surface area contributed by atoms with Crippen molar-refractivity contribution in [1.29, 1.82) is 0 Å². The van der Waals surface area contributed by atoms with Gasteiger partial charge in [0.1, 0.15) is 10.8 Å². The van der Waals surface area contributed by atoms with Gasteiger partial charge in [0.25, 0.3) is 0 Å². The molecule has 0 bridgehead atoms. The van der Waals surface area contributed by atoms with E-state index in [9.17, 15) is 4.79 Å². The Bertz CT molecular complexity index is 916. The SMILES string of the molecule is CCCCCCCOc1ccc(-c2cnc(-c3ccc(CCC(=O)O)cc3)s2)cc1. The molecule has 3 rings (SSSR count). The zero-order valence-corrected chi connectivity index (χ0v) is 18.3. The molecule has 0 atom stereocenters. The third kappa shape index (κ3) is 6.70. The smallest absolute Gasteiger partial charge is 0.303 e. The number of carboxylic acid groups (broad SMARTS) is 1. The lowest BCUT2D eigenvalue weighted by molar-refractivity contribution is -0.136.